The quantitative estimate of drug-likeness (QED) is 0.318. The second-order valence-corrected chi connectivity index (χ2v) is 7.00. The Morgan fingerprint density at radius 2 is 0.833 bits per heavy atom. The van der Waals surface area contributed by atoms with Crippen molar-refractivity contribution in [3.05, 3.63) is 34.9 Å². The molecule has 1 aliphatic carbocycles. The van der Waals surface area contributed by atoms with Gasteiger partial charge in [-0.3, -0.25) is 0 Å². The van der Waals surface area contributed by atoms with E-state index in [-0.39, 0.29) is 16.7 Å². The summed E-state index contributed by atoms with van der Waals surface area (Å²) in [5, 5.41) is 31.7. The molecule has 0 aromatic carbocycles. The van der Waals surface area contributed by atoms with Gasteiger partial charge in [0.1, 0.15) is 18.3 Å². The number of hydrogen-bond donors (Lipinski definition) is 3. The molecule has 0 aliphatic heterocycles. The molecule has 0 radical (unpaired) electrons. The van der Waals surface area contributed by atoms with E-state index in [1.165, 1.54) is 39.0 Å². The van der Waals surface area contributed by atoms with Gasteiger partial charge in [-0.25, -0.2) is 14.4 Å². The van der Waals surface area contributed by atoms with Crippen molar-refractivity contribution in [3.8, 4) is 0 Å². The minimum absolute atomic E-state index is 0.204. The van der Waals surface area contributed by atoms with E-state index in [1.807, 2.05) is 0 Å². The summed E-state index contributed by atoms with van der Waals surface area (Å²) in [5.41, 5.74) is 0.619. The molecule has 3 N–H and O–H groups in total. The van der Waals surface area contributed by atoms with Crippen LogP contribution in [0.4, 0.5) is 0 Å². The topological polar surface area (TPSA) is 140 Å². The van der Waals surface area contributed by atoms with Crippen LogP contribution >= 0.6 is 0 Å². The zero-order chi connectivity index (χ0) is 23.2. The monoisotopic (exact) mass is 426 g/mol. The molecule has 30 heavy (non-hydrogen) atoms. The molecule has 0 saturated heterocycles. The smallest absolute Gasteiger partial charge is 0.333 e. The van der Waals surface area contributed by atoms with Gasteiger partial charge in [-0.1, -0.05) is 18.2 Å². The van der Waals surface area contributed by atoms with Crippen molar-refractivity contribution in [1.29, 1.82) is 0 Å². The average Bonchev–Trinajstić information content (AvgIpc) is 2.74. The zero-order valence-electron chi connectivity index (χ0n) is 18.0. The Balaban J connectivity index is 3.29. The highest BCUT2D eigenvalue weighted by atomic mass is 16.6. The maximum absolute atomic E-state index is 12.3. The van der Waals surface area contributed by atoms with E-state index < -0.39 is 54.5 Å². The van der Waals surface area contributed by atoms with Gasteiger partial charge < -0.3 is 29.5 Å². The Labute approximate surface area is 175 Å². The number of aliphatic hydroxyl groups is 3. The van der Waals surface area contributed by atoms with Crippen molar-refractivity contribution in [2.75, 3.05) is 0 Å². The molecule has 0 heterocycles. The van der Waals surface area contributed by atoms with E-state index in [2.05, 4.69) is 0 Å². The summed E-state index contributed by atoms with van der Waals surface area (Å²) in [6.45, 7) is 9.22. The Morgan fingerprint density at radius 1 is 0.567 bits per heavy atom. The lowest BCUT2D eigenvalue weighted by molar-refractivity contribution is -0.244. The van der Waals surface area contributed by atoms with Crippen LogP contribution in [0.25, 0.3) is 0 Å². The van der Waals surface area contributed by atoms with Gasteiger partial charge in [0, 0.05) is 16.7 Å². The predicted octanol–water partition coefficient (Wildman–Crippen LogP) is 0.717. The number of ether oxygens (including phenoxy) is 3. The molecule has 0 unspecified atom stereocenters. The van der Waals surface area contributed by atoms with Crippen LogP contribution in [-0.4, -0.2) is 69.9 Å². The highest BCUT2D eigenvalue weighted by Crippen LogP contribution is 2.30. The second kappa shape index (κ2) is 11.1. The molecule has 1 aliphatic rings. The molecule has 1 rings (SSSR count). The molecule has 1 fully saturated rings. The normalized spacial score (nSPS) is 30.5. The van der Waals surface area contributed by atoms with Gasteiger partial charge in [0.25, 0.3) is 0 Å². The Morgan fingerprint density at radius 3 is 1.17 bits per heavy atom. The van der Waals surface area contributed by atoms with Crippen LogP contribution in [0.2, 0.25) is 0 Å². The van der Waals surface area contributed by atoms with Gasteiger partial charge in [0.15, 0.2) is 18.3 Å². The molecule has 6 atom stereocenters. The van der Waals surface area contributed by atoms with Crippen LogP contribution in [0.15, 0.2) is 34.9 Å². The minimum atomic E-state index is -1.80. The Bertz CT molecular complexity index is 750. The van der Waals surface area contributed by atoms with Crippen LogP contribution in [0.5, 0.6) is 0 Å². The number of hydrogen-bond acceptors (Lipinski definition) is 9. The molecule has 9 heteroatoms. The minimum Gasteiger partial charge on any atom is -0.453 e. The summed E-state index contributed by atoms with van der Waals surface area (Å²) in [4.78, 5) is 36.6. The summed E-state index contributed by atoms with van der Waals surface area (Å²) in [5.74, 6) is -2.49. The maximum atomic E-state index is 12.3. The van der Waals surface area contributed by atoms with E-state index in [1.54, 1.807) is 20.8 Å². The van der Waals surface area contributed by atoms with E-state index in [0.29, 0.717) is 0 Å². The first-order valence-corrected chi connectivity index (χ1v) is 9.55. The van der Waals surface area contributed by atoms with E-state index in [0.717, 1.165) is 0 Å². The fourth-order valence-electron chi connectivity index (χ4n) is 2.58. The third-order valence-corrected chi connectivity index (χ3v) is 5.01. The first-order valence-electron chi connectivity index (χ1n) is 9.55. The van der Waals surface area contributed by atoms with Crippen LogP contribution < -0.4 is 0 Å². The second-order valence-electron chi connectivity index (χ2n) is 7.00. The Hall–Kier alpha value is -2.49. The third kappa shape index (κ3) is 5.78. The van der Waals surface area contributed by atoms with Crippen molar-refractivity contribution in [3.63, 3.8) is 0 Å². The number of aliphatic hydroxyl groups excluding tert-OH is 3. The molecular formula is C21H30O9. The fourth-order valence-corrected chi connectivity index (χ4v) is 2.58. The first-order chi connectivity index (χ1) is 14.0. The molecule has 168 valence electrons. The highest BCUT2D eigenvalue weighted by Gasteiger charge is 2.55. The summed E-state index contributed by atoms with van der Waals surface area (Å²) in [6.07, 6.45) is -5.76. The summed E-state index contributed by atoms with van der Waals surface area (Å²) < 4.78 is 15.6. The molecule has 0 bridgehead atoms. The lowest BCUT2D eigenvalue weighted by atomic mass is 9.84. The van der Waals surface area contributed by atoms with Crippen molar-refractivity contribution in [1.82, 2.24) is 0 Å². The van der Waals surface area contributed by atoms with Gasteiger partial charge in [0.2, 0.25) is 0 Å². The van der Waals surface area contributed by atoms with Crippen LogP contribution in [0.1, 0.15) is 41.5 Å². The van der Waals surface area contributed by atoms with Crippen molar-refractivity contribution in [2.24, 2.45) is 0 Å². The number of rotatable bonds is 6. The molecule has 1 saturated carbocycles. The zero-order valence-corrected chi connectivity index (χ0v) is 18.0. The van der Waals surface area contributed by atoms with Gasteiger partial charge in [-0.15, -0.1) is 0 Å². The van der Waals surface area contributed by atoms with Gasteiger partial charge in [-0.05, 0) is 41.5 Å². The number of allylic oxidation sites excluding steroid dienone is 3. The average molecular weight is 426 g/mol. The lowest BCUT2D eigenvalue weighted by Crippen LogP contribution is -2.66. The summed E-state index contributed by atoms with van der Waals surface area (Å²) in [6, 6.07) is 0. The van der Waals surface area contributed by atoms with Gasteiger partial charge in [0.05, 0.1) is 0 Å². The largest absolute Gasteiger partial charge is 0.453 e. The number of carbonyl (C=O) groups excluding carboxylic acids is 3. The van der Waals surface area contributed by atoms with Gasteiger partial charge in [-0.2, -0.15) is 0 Å². The van der Waals surface area contributed by atoms with Crippen LogP contribution in [0, 0.1) is 0 Å². The molecule has 0 aromatic heterocycles. The SMILES string of the molecule is C/C=C(/C)C(=O)O[C@@H]1[C@@H](O)[C@@H](OC(=O)/C(C)=C\C)[C@H](OC(=O)/C(C)=C\C)[C@@H](O)[C@@H]1O. The fraction of sp³-hybridized carbons (Fsp3) is 0.571. The lowest BCUT2D eigenvalue weighted by Gasteiger charge is -2.44. The number of carbonyl (C=O) groups is 3. The summed E-state index contributed by atoms with van der Waals surface area (Å²) in [7, 11) is 0. The van der Waals surface area contributed by atoms with Crippen molar-refractivity contribution < 1.29 is 43.9 Å². The number of esters is 3. The molecule has 0 spiro atoms. The van der Waals surface area contributed by atoms with E-state index in [9.17, 15) is 29.7 Å². The Kier molecular flexibility index (Phi) is 9.41. The first kappa shape index (κ1) is 25.5. The van der Waals surface area contributed by atoms with Crippen molar-refractivity contribution in [2.45, 2.75) is 78.2 Å². The molecule has 0 aromatic rings. The van der Waals surface area contributed by atoms with E-state index >= 15 is 0 Å². The highest BCUT2D eigenvalue weighted by molar-refractivity contribution is 5.89. The van der Waals surface area contributed by atoms with Crippen molar-refractivity contribution >= 4 is 17.9 Å². The summed E-state index contributed by atoms with van der Waals surface area (Å²) >= 11 is 0. The third-order valence-electron chi connectivity index (χ3n) is 5.01. The van der Waals surface area contributed by atoms with Crippen LogP contribution in [-0.2, 0) is 28.6 Å². The maximum Gasteiger partial charge on any atom is 0.333 e. The molecule has 0 amide bonds. The standard InChI is InChI=1S/C21H30O9/c1-7-10(4)19(25)28-16-13(22)14(23)17(29-20(26)11(5)8-2)18(15(16)24)30-21(27)12(6)9-3/h7-9,13-18,22-24H,1-6H3/b10-7-,11-8-,12-9-/t13-,14-,15+,16-,17+,18+/m0/s1. The van der Waals surface area contributed by atoms with Crippen LogP contribution in [0.3, 0.4) is 0 Å². The predicted molar refractivity (Wildman–Crippen MR) is 106 cm³/mol. The van der Waals surface area contributed by atoms with Gasteiger partial charge >= 0.3 is 17.9 Å². The van der Waals surface area contributed by atoms with E-state index in [4.69, 9.17) is 14.2 Å². The molecular weight excluding hydrogens is 396 g/mol. The molecule has 9 nitrogen and oxygen atoms in total.